The van der Waals surface area contributed by atoms with Crippen LogP contribution in [-0.4, -0.2) is 39.9 Å². The van der Waals surface area contributed by atoms with Gasteiger partial charge in [-0.3, -0.25) is 4.79 Å². The van der Waals surface area contributed by atoms with E-state index >= 15 is 0 Å². The molecule has 4 rings (SSSR count). The Hall–Kier alpha value is -2.94. The minimum Gasteiger partial charge on any atom is -0.491 e. The van der Waals surface area contributed by atoms with Crippen molar-refractivity contribution < 1.29 is 4.74 Å². The van der Waals surface area contributed by atoms with Gasteiger partial charge in [0.05, 0.1) is 17.2 Å². The molecule has 29 heavy (non-hydrogen) atoms. The molecular weight excluding hydrogens is 436 g/mol. The summed E-state index contributed by atoms with van der Waals surface area (Å²) in [5.41, 5.74) is 2.61. The number of hydrogen-bond acceptors (Lipinski definition) is 7. The van der Waals surface area contributed by atoms with Crippen LogP contribution in [0.3, 0.4) is 0 Å². The van der Waals surface area contributed by atoms with E-state index in [4.69, 9.17) is 4.74 Å². The number of nitrogens with zero attached hydrogens (tertiary/aromatic N) is 4. The van der Waals surface area contributed by atoms with Gasteiger partial charge in [-0.1, -0.05) is 12.1 Å². The Kier molecular flexibility index (Phi) is 5.75. The molecule has 9 heteroatoms. The number of rotatable bonds is 6. The number of benzene rings is 1. The highest BCUT2D eigenvalue weighted by molar-refractivity contribution is 9.10. The lowest BCUT2D eigenvalue weighted by Gasteiger charge is -2.30. The maximum absolute atomic E-state index is 11.9. The summed E-state index contributed by atoms with van der Waals surface area (Å²) in [6.07, 6.45) is 3.95. The lowest BCUT2D eigenvalue weighted by atomic mass is 10.0. The van der Waals surface area contributed by atoms with Crippen LogP contribution in [0.1, 0.15) is 16.7 Å². The summed E-state index contributed by atoms with van der Waals surface area (Å²) in [5.74, 6) is 2.45. The van der Waals surface area contributed by atoms with Gasteiger partial charge in [0.25, 0.3) is 5.56 Å². The quantitative estimate of drug-likeness (QED) is 0.550. The van der Waals surface area contributed by atoms with Crippen LogP contribution in [0, 0.1) is 6.92 Å². The third-order valence-electron chi connectivity index (χ3n) is 4.89. The molecule has 1 aliphatic rings. The molecule has 0 bridgehead atoms. The molecule has 0 saturated heterocycles. The Labute approximate surface area is 176 Å². The zero-order valence-corrected chi connectivity index (χ0v) is 17.6. The maximum atomic E-state index is 11.9. The van der Waals surface area contributed by atoms with E-state index in [0.717, 1.165) is 45.1 Å². The van der Waals surface area contributed by atoms with Gasteiger partial charge in [0.2, 0.25) is 0 Å². The van der Waals surface area contributed by atoms with Crippen molar-refractivity contribution in [2.75, 3.05) is 29.9 Å². The van der Waals surface area contributed by atoms with E-state index in [1.54, 1.807) is 12.5 Å². The Bertz CT molecular complexity index is 1070. The molecular formula is C20H21BrN6O2. The van der Waals surface area contributed by atoms with Crippen molar-refractivity contribution in [3.05, 3.63) is 68.3 Å². The van der Waals surface area contributed by atoms with Crippen LogP contribution in [0.2, 0.25) is 0 Å². The standard InChI is InChI=1S/C20H21BrN6O2/c1-13-18(22-7-9-29-17-5-3-2-4-16(17)21)23-12-24-19(13)27-8-6-15-14(11-27)10-25-26-20(15)28/h2-5,10,12H,6-9,11H2,1H3,(H,26,28)(H,22,23,24). The number of anilines is 2. The Balaban J connectivity index is 1.41. The van der Waals surface area contributed by atoms with Crippen LogP contribution in [0.25, 0.3) is 0 Å². The molecule has 2 aromatic heterocycles. The second-order valence-electron chi connectivity index (χ2n) is 6.75. The first-order chi connectivity index (χ1) is 14.1. The number of aromatic amines is 1. The average Bonchev–Trinajstić information content (AvgIpc) is 2.73. The highest BCUT2D eigenvalue weighted by atomic mass is 79.9. The SMILES string of the molecule is Cc1c(NCCOc2ccccc2Br)ncnc1N1CCc2c(cn[nH]c2=O)C1. The van der Waals surface area contributed by atoms with Crippen molar-refractivity contribution in [3.63, 3.8) is 0 Å². The van der Waals surface area contributed by atoms with E-state index in [2.05, 4.69) is 46.3 Å². The molecule has 3 aromatic rings. The van der Waals surface area contributed by atoms with E-state index in [9.17, 15) is 4.79 Å². The molecule has 0 saturated carbocycles. The predicted octanol–water partition coefficient (Wildman–Crippen LogP) is 2.68. The van der Waals surface area contributed by atoms with E-state index < -0.39 is 0 Å². The largest absolute Gasteiger partial charge is 0.491 e. The summed E-state index contributed by atoms with van der Waals surface area (Å²) in [7, 11) is 0. The first-order valence-corrected chi connectivity index (χ1v) is 10.2. The van der Waals surface area contributed by atoms with Gasteiger partial charge in [-0.05, 0) is 41.4 Å². The molecule has 0 atom stereocenters. The van der Waals surface area contributed by atoms with Gasteiger partial charge in [-0.2, -0.15) is 5.10 Å². The highest BCUT2D eigenvalue weighted by Gasteiger charge is 2.22. The molecule has 0 unspecified atom stereocenters. The lowest BCUT2D eigenvalue weighted by Crippen LogP contribution is -2.35. The van der Waals surface area contributed by atoms with Crippen LogP contribution < -0.4 is 20.5 Å². The first-order valence-electron chi connectivity index (χ1n) is 9.36. The summed E-state index contributed by atoms with van der Waals surface area (Å²) in [5, 5.41) is 9.75. The second kappa shape index (κ2) is 8.60. The summed E-state index contributed by atoms with van der Waals surface area (Å²) in [4.78, 5) is 22.9. The van der Waals surface area contributed by atoms with Gasteiger partial charge >= 0.3 is 0 Å². The monoisotopic (exact) mass is 456 g/mol. The van der Waals surface area contributed by atoms with E-state index in [1.165, 1.54) is 0 Å². The average molecular weight is 457 g/mol. The molecule has 0 radical (unpaired) electrons. The minimum atomic E-state index is -0.103. The molecule has 8 nitrogen and oxygen atoms in total. The molecule has 0 fully saturated rings. The number of para-hydroxylation sites is 1. The van der Waals surface area contributed by atoms with Crippen molar-refractivity contribution in [1.29, 1.82) is 0 Å². The maximum Gasteiger partial charge on any atom is 0.267 e. The van der Waals surface area contributed by atoms with E-state index in [-0.39, 0.29) is 5.56 Å². The van der Waals surface area contributed by atoms with Gasteiger partial charge < -0.3 is 15.0 Å². The van der Waals surface area contributed by atoms with Gasteiger partial charge in [0.15, 0.2) is 0 Å². The predicted molar refractivity (Wildman–Crippen MR) is 115 cm³/mol. The molecule has 1 aromatic carbocycles. The molecule has 3 heterocycles. The summed E-state index contributed by atoms with van der Waals surface area (Å²) in [6.45, 7) is 4.45. The van der Waals surface area contributed by atoms with Crippen molar-refractivity contribution >= 4 is 27.6 Å². The molecule has 2 N–H and O–H groups in total. The molecule has 0 spiro atoms. The normalized spacial score (nSPS) is 13.1. The lowest BCUT2D eigenvalue weighted by molar-refractivity contribution is 0.330. The molecule has 0 aliphatic carbocycles. The van der Waals surface area contributed by atoms with Crippen LogP contribution in [0.4, 0.5) is 11.6 Å². The van der Waals surface area contributed by atoms with Crippen LogP contribution in [0.5, 0.6) is 5.75 Å². The zero-order valence-electron chi connectivity index (χ0n) is 16.0. The number of hydrogen-bond donors (Lipinski definition) is 2. The van der Waals surface area contributed by atoms with E-state index in [1.807, 2.05) is 31.2 Å². The van der Waals surface area contributed by atoms with Crippen LogP contribution >= 0.6 is 15.9 Å². The fourth-order valence-corrected chi connectivity index (χ4v) is 3.81. The summed E-state index contributed by atoms with van der Waals surface area (Å²) in [6, 6.07) is 7.76. The smallest absolute Gasteiger partial charge is 0.267 e. The number of fused-ring (bicyclic) bond motifs is 1. The van der Waals surface area contributed by atoms with Crippen molar-refractivity contribution in [3.8, 4) is 5.75 Å². The number of aromatic nitrogens is 4. The van der Waals surface area contributed by atoms with Crippen molar-refractivity contribution in [2.45, 2.75) is 19.9 Å². The Morgan fingerprint density at radius 3 is 3.03 bits per heavy atom. The zero-order chi connectivity index (χ0) is 20.2. The second-order valence-corrected chi connectivity index (χ2v) is 7.61. The number of nitrogens with one attached hydrogen (secondary N) is 2. The first kappa shape index (κ1) is 19.4. The summed E-state index contributed by atoms with van der Waals surface area (Å²) < 4.78 is 6.72. The number of H-pyrrole nitrogens is 1. The third kappa shape index (κ3) is 4.24. The number of halogens is 1. The Morgan fingerprint density at radius 2 is 2.17 bits per heavy atom. The molecule has 150 valence electrons. The van der Waals surface area contributed by atoms with Gasteiger partial charge in [-0.15, -0.1) is 0 Å². The third-order valence-corrected chi connectivity index (χ3v) is 5.54. The number of ether oxygens (including phenoxy) is 1. The van der Waals surface area contributed by atoms with E-state index in [0.29, 0.717) is 26.1 Å². The van der Waals surface area contributed by atoms with Crippen LogP contribution in [0.15, 0.2) is 46.1 Å². The van der Waals surface area contributed by atoms with Crippen molar-refractivity contribution in [2.24, 2.45) is 0 Å². The van der Waals surface area contributed by atoms with Crippen LogP contribution in [-0.2, 0) is 13.0 Å². The molecule has 1 aliphatic heterocycles. The minimum absolute atomic E-state index is 0.103. The fraction of sp³-hybridized carbons (Fsp3) is 0.300. The van der Waals surface area contributed by atoms with Gasteiger partial charge in [-0.25, -0.2) is 15.1 Å². The fourth-order valence-electron chi connectivity index (χ4n) is 3.41. The highest BCUT2D eigenvalue weighted by Crippen LogP contribution is 2.27. The molecule has 0 amide bonds. The summed E-state index contributed by atoms with van der Waals surface area (Å²) >= 11 is 3.48. The van der Waals surface area contributed by atoms with Crippen molar-refractivity contribution in [1.82, 2.24) is 20.2 Å². The van der Waals surface area contributed by atoms with Gasteiger partial charge in [0.1, 0.15) is 30.3 Å². The topological polar surface area (TPSA) is 96.0 Å². The van der Waals surface area contributed by atoms with Gasteiger partial charge in [0, 0.05) is 29.8 Å². The Morgan fingerprint density at radius 1 is 1.31 bits per heavy atom.